The second-order valence-corrected chi connectivity index (χ2v) is 4.12. The number of methoxy groups -OCH3 is 1. The van der Waals surface area contributed by atoms with Crippen molar-refractivity contribution in [3.63, 3.8) is 0 Å². The van der Waals surface area contributed by atoms with Gasteiger partial charge in [-0.1, -0.05) is 19.8 Å². The molecule has 0 aromatic heterocycles. The quantitative estimate of drug-likeness (QED) is 0.704. The van der Waals surface area contributed by atoms with Crippen molar-refractivity contribution in [1.29, 1.82) is 0 Å². The molecule has 1 rings (SSSR count). The lowest BCUT2D eigenvalue weighted by molar-refractivity contribution is 0.121. The molecule has 0 saturated heterocycles. The van der Waals surface area contributed by atoms with Crippen molar-refractivity contribution in [1.82, 2.24) is 0 Å². The maximum atomic E-state index is 6.31. The Morgan fingerprint density at radius 1 is 1.50 bits per heavy atom. The highest BCUT2D eigenvalue weighted by Gasteiger charge is 2.33. The number of ether oxygens (including phenoxy) is 1. The van der Waals surface area contributed by atoms with Gasteiger partial charge >= 0.3 is 0 Å². The molecule has 72 valence electrons. The van der Waals surface area contributed by atoms with Crippen LogP contribution in [-0.2, 0) is 4.74 Å². The zero-order valence-corrected chi connectivity index (χ0v) is 8.31. The maximum Gasteiger partial charge on any atom is 0.0479 e. The van der Waals surface area contributed by atoms with E-state index in [2.05, 4.69) is 6.92 Å². The molecule has 2 nitrogen and oxygen atoms in total. The van der Waals surface area contributed by atoms with Gasteiger partial charge in [0.2, 0.25) is 0 Å². The molecule has 12 heavy (non-hydrogen) atoms. The van der Waals surface area contributed by atoms with Crippen LogP contribution in [0.4, 0.5) is 0 Å². The van der Waals surface area contributed by atoms with Crippen molar-refractivity contribution >= 4 is 0 Å². The van der Waals surface area contributed by atoms with Gasteiger partial charge < -0.3 is 10.5 Å². The fourth-order valence-electron chi connectivity index (χ4n) is 2.10. The van der Waals surface area contributed by atoms with Gasteiger partial charge in [-0.05, 0) is 25.2 Å². The molecular formula is C10H21NO. The van der Waals surface area contributed by atoms with E-state index in [0.717, 1.165) is 13.0 Å². The molecule has 0 amide bonds. The third-order valence-corrected chi connectivity index (χ3v) is 3.28. The summed E-state index contributed by atoms with van der Waals surface area (Å²) >= 11 is 0. The molecule has 2 N–H and O–H groups in total. The van der Waals surface area contributed by atoms with Crippen molar-refractivity contribution in [2.75, 3.05) is 13.7 Å². The van der Waals surface area contributed by atoms with Crippen molar-refractivity contribution in [3.05, 3.63) is 0 Å². The van der Waals surface area contributed by atoms with E-state index in [4.69, 9.17) is 10.5 Å². The first-order chi connectivity index (χ1) is 5.69. The normalized spacial score (nSPS) is 36.8. The summed E-state index contributed by atoms with van der Waals surface area (Å²) in [5.74, 6) is 0.668. The van der Waals surface area contributed by atoms with E-state index < -0.39 is 0 Å². The van der Waals surface area contributed by atoms with Crippen LogP contribution in [0, 0.1) is 5.92 Å². The molecule has 0 spiro atoms. The van der Waals surface area contributed by atoms with Gasteiger partial charge in [0.25, 0.3) is 0 Å². The molecule has 0 radical (unpaired) electrons. The number of hydrogen-bond acceptors (Lipinski definition) is 2. The Labute approximate surface area is 75.5 Å². The summed E-state index contributed by atoms with van der Waals surface area (Å²) in [5.41, 5.74) is 6.37. The number of hydrogen-bond donors (Lipinski definition) is 1. The third kappa shape index (κ3) is 2.20. The molecule has 2 atom stereocenters. The molecular weight excluding hydrogens is 150 g/mol. The molecule has 2 heteroatoms. The monoisotopic (exact) mass is 171 g/mol. The standard InChI is InChI=1S/C10H21NO/c1-9-5-3-4-6-10(9,11)7-8-12-2/h9H,3-8,11H2,1-2H3. The zero-order valence-electron chi connectivity index (χ0n) is 8.31. The Bertz CT molecular complexity index is 138. The van der Waals surface area contributed by atoms with Crippen LogP contribution in [-0.4, -0.2) is 19.3 Å². The van der Waals surface area contributed by atoms with Gasteiger partial charge in [-0.2, -0.15) is 0 Å². The highest BCUT2D eigenvalue weighted by Crippen LogP contribution is 2.33. The van der Waals surface area contributed by atoms with E-state index in [0.29, 0.717) is 5.92 Å². The summed E-state index contributed by atoms with van der Waals surface area (Å²) in [7, 11) is 1.75. The van der Waals surface area contributed by atoms with Crippen molar-refractivity contribution in [2.24, 2.45) is 11.7 Å². The van der Waals surface area contributed by atoms with Crippen molar-refractivity contribution < 1.29 is 4.74 Å². The first-order valence-electron chi connectivity index (χ1n) is 4.97. The van der Waals surface area contributed by atoms with E-state index in [1.54, 1.807) is 7.11 Å². The van der Waals surface area contributed by atoms with Gasteiger partial charge in [0.1, 0.15) is 0 Å². The second-order valence-electron chi connectivity index (χ2n) is 4.12. The van der Waals surface area contributed by atoms with Crippen LogP contribution in [0.3, 0.4) is 0 Å². The topological polar surface area (TPSA) is 35.2 Å². The summed E-state index contributed by atoms with van der Waals surface area (Å²) in [6.45, 7) is 3.08. The van der Waals surface area contributed by atoms with Crippen molar-refractivity contribution in [3.8, 4) is 0 Å². The van der Waals surface area contributed by atoms with E-state index >= 15 is 0 Å². The van der Waals surface area contributed by atoms with Gasteiger partial charge in [0.05, 0.1) is 0 Å². The predicted molar refractivity (Wildman–Crippen MR) is 51.0 cm³/mol. The minimum absolute atomic E-state index is 0.0638. The minimum atomic E-state index is 0.0638. The van der Waals surface area contributed by atoms with E-state index in [-0.39, 0.29) is 5.54 Å². The van der Waals surface area contributed by atoms with Crippen LogP contribution < -0.4 is 5.73 Å². The van der Waals surface area contributed by atoms with Gasteiger partial charge in [0.15, 0.2) is 0 Å². The summed E-state index contributed by atoms with van der Waals surface area (Å²) in [4.78, 5) is 0. The lowest BCUT2D eigenvalue weighted by atomic mass is 9.73. The van der Waals surface area contributed by atoms with Crippen LogP contribution >= 0.6 is 0 Å². The fraction of sp³-hybridized carbons (Fsp3) is 1.00. The van der Waals surface area contributed by atoms with Crippen LogP contribution in [0.5, 0.6) is 0 Å². The Hall–Kier alpha value is -0.0800. The van der Waals surface area contributed by atoms with Crippen LogP contribution in [0.15, 0.2) is 0 Å². The van der Waals surface area contributed by atoms with E-state index in [1.165, 1.54) is 25.7 Å². The van der Waals surface area contributed by atoms with Crippen molar-refractivity contribution in [2.45, 2.75) is 44.6 Å². The fourth-order valence-corrected chi connectivity index (χ4v) is 2.10. The highest BCUT2D eigenvalue weighted by atomic mass is 16.5. The van der Waals surface area contributed by atoms with Crippen LogP contribution in [0.1, 0.15) is 39.0 Å². The Kier molecular flexibility index (Phi) is 3.53. The Morgan fingerprint density at radius 3 is 2.83 bits per heavy atom. The molecule has 0 bridgehead atoms. The lowest BCUT2D eigenvalue weighted by Crippen LogP contribution is -2.48. The summed E-state index contributed by atoms with van der Waals surface area (Å²) in [6.07, 6.45) is 6.14. The molecule has 0 heterocycles. The molecule has 2 unspecified atom stereocenters. The molecule has 1 aliphatic rings. The third-order valence-electron chi connectivity index (χ3n) is 3.28. The van der Waals surface area contributed by atoms with E-state index in [9.17, 15) is 0 Å². The molecule has 0 aromatic carbocycles. The Balaban J connectivity index is 2.42. The van der Waals surface area contributed by atoms with Crippen LogP contribution in [0.25, 0.3) is 0 Å². The average Bonchev–Trinajstić information content (AvgIpc) is 2.07. The molecule has 0 aromatic rings. The number of rotatable bonds is 3. The molecule has 1 saturated carbocycles. The van der Waals surface area contributed by atoms with E-state index in [1.807, 2.05) is 0 Å². The SMILES string of the molecule is COCCC1(N)CCCCC1C. The van der Waals surface area contributed by atoms with Crippen LogP contribution in [0.2, 0.25) is 0 Å². The largest absolute Gasteiger partial charge is 0.385 e. The second kappa shape index (κ2) is 4.24. The molecule has 1 aliphatic carbocycles. The number of nitrogens with two attached hydrogens (primary N) is 1. The summed E-state index contributed by atoms with van der Waals surface area (Å²) in [5, 5.41) is 0. The Morgan fingerprint density at radius 2 is 2.25 bits per heavy atom. The highest BCUT2D eigenvalue weighted by molar-refractivity contribution is 4.91. The van der Waals surface area contributed by atoms with Gasteiger partial charge in [-0.25, -0.2) is 0 Å². The lowest BCUT2D eigenvalue weighted by Gasteiger charge is -2.39. The average molecular weight is 171 g/mol. The van der Waals surface area contributed by atoms with Gasteiger partial charge in [-0.15, -0.1) is 0 Å². The van der Waals surface area contributed by atoms with Gasteiger partial charge in [0, 0.05) is 19.3 Å². The predicted octanol–water partition coefficient (Wildman–Crippen LogP) is 1.93. The minimum Gasteiger partial charge on any atom is -0.385 e. The summed E-state index contributed by atoms with van der Waals surface area (Å²) < 4.78 is 5.08. The summed E-state index contributed by atoms with van der Waals surface area (Å²) in [6, 6.07) is 0. The first kappa shape index (κ1) is 10.0. The molecule has 1 fully saturated rings. The first-order valence-corrected chi connectivity index (χ1v) is 4.97. The maximum absolute atomic E-state index is 6.31. The smallest absolute Gasteiger partial charge is 0.0479 e. The molecule has 0 aliphatic heterocycles. The van der Waals surface area contributed by atoms with Gasteiger partial charge in [-0.3, -0.25) is 0 Å². The zero-order chi connectivity index (χ0) is 9.03.